The molecule has 0 amide bonds. The maximum Gasteiger partial charge on any atom is 0.307 e. The Balaban J connectivity index is 1.33. The normalized spacial score (nSPS) is 13.4. The number of hydrogen-bond acceptors (Lipinski definition) is 5. The molecule has 0 aliphatic carbocycles. The molecule has 7 heteroatoms. The molecule has 0 radical (unpaired) electrons. The van der Waals surface area contributed by atoms with Crippen LogP contribution in [-0.4, -0.2) is 40.9 Å². The van der Waals surface area contributed by atoms with Gasteiger partial charge in [0.2, 0.25) is 0 Å². The minimum atomic E-state index is -0.909. The monoisotopic (exact) mass is 457 g/mol. The summed E-state index contributed by atoms with van der Waals surface area (Å²) in [5.41, 5.74) is 2.61. The Kier molecular flexibility index (Phi) is 5.67. The van der Waals surface area contributed by atoms with Crippen LogP contribution in [0.25, 0.3) is 10.9 Å². The molecule has 2 heterocycles. The van der Waals surface area contributed by atoms with Gasteiger partial charge in [-0.1, -0.05) is 24.3 Å². The van der Waals surface area contributed by atoms with Crippen LogP contribution >= 0.6 is 0 Å². The first kappa shape index (κ1) is 21.6. The number of carboxylic acid groups (broad SMARTS) is 1. The van der Waals surface area contributed by atoms with Crippen LogP contribution in [0.5, 0.6) is 17.2 Å². The molecule has 1 aliphatic heterocycles. The van der Waals surface area contributed by atoms with Crippen molar-refractivity contribution in [3.05, 3.63) is 89.6 Å². The Hall–Kier alpha value is -4.26. The van der Waals surface area contributed by atoms with Crippen molar-refractivity contribution in [3.8, 4) is 17.2 Å². The summed E-state index contributed by atoms with van der Waals surface area (Å²) in [6.45, 7) is 2.54. The van der Waals surface area contributed by atoms with E-state index in [2.05, 4.69) is 0 Å². The first-order chi connectivity index (χ1) is 16.5. The molecule has 0 saturated carbocycles. The number of carboxylic acids is 1. The van der Waals surface area contributed by atoms with Gasteiger partial charge in [0.1, 0.15) is 19.0 Å². The van der Waals surface area contributed by atoms with Crippen molar-refractivity contribution >= 4 is 22.8 Å². The number of fused-ring (bicyclic) bond motifs is 2. The van der Waals surface area contributed by atoms with Crippen LogP contribution in [0, 0.1) is 6.92 Å². The minimum Gasteiger partial charge on any atom is -0.486 e. The number of rotatable bonds is 5. The van der Waals surface area contributed by atoms with E-state index in [-0.39, 0.29) is 18.4 Å². The summed E-state index contributed by atoms with van der Waals surface area (Å²) in [7, 11) is 0. The van der Waals surface area contributed by atoms with Gasteiger partial charge >= 0.3 is 5.97 Å². The highest BCUT2D eigenvalue weighted by atomic mass is 16.6. The largest absolute Gasteiger partial charge is 0.486 e. The molecule has 5 rings (SSSR count). The van der Waals surface area contributed by atoms with Gasteiger partial charge in [-0.3, -0.25) is 14.2 Å². The number of aliphatic carboxylic acids is 1. The second-order valence-corrected chi connectivity index (χ2v) is 8.18. The maximum absolute atomic E-state index is 13.3. The molecule has 1 aliphatic rings. The Morgan fingerprint density at radius 3 is 2.29 bits per heavy atom. The first-order valence-corrected chi connectivity index (χ1v) is 11.0. The summed E-state index contributed by atoms with van der Waals surface area (Å²) in [4.78, 5) is 24.5. The van der Waals surface area contributed by atoms with Crippen LogP contribution in [-0.2, 0) is 11.2 Å². The summed E-state index contributed by atoms with van der Waals surface area (Å²) in [6, 6.07) is 21.7. The molecule has 0 spiro atoms. The van der Waals surface area contributed by atoms with Crippen molar-refractivity contribution in [1.29, 1.82) is 0 Å². The fourth-order valence-electron chi connectivity index (χ4n) is 4.18. The SMILES string of the molecule is Cc1cc2c(CC(=O)O)cccc2n1C(=O)c1ccc(OC2COc3ccccc3OC2)cc1. The Labute approximate surface area is 196 Å². The lowest BCUT2D eigenvalue weighted by Gasteiger charge is -2.16. The number of aromatic nitrogens is 1. The lowest BCUT2D eigenvalue weighted by atomic mass is 10.1. The summed E-state index contributed by atoms with van der Waals surface area (Å²) in [5.74, 6) is 0.888. The van der Waals surface area contributed by atoms with Gasteiger partial charge in [0.15, 0.2) is 17.6 Å². The zero-order chi connectivity index (χ0) is 23.7. The van der Waals surface area contributed by atoms with Crippen LogP contribution in [0.4, 0.5) is 0 Å². The topological polar surface area (TPSA) is 87.0 Å². The van der Waals surface area contributed by atoms with Crippen molar-refractivity contribution < 1.29 is 28.9 Å². The fourth-order valence-corrected chi connectivity index (χ4v) is 4.18. The van der Waals surface area contributed by atoms with Gasteiger partial charge < -0.3 is 19.3 Å². The Morgan fingerprint density at radius 2 is 1.65 bits per heavy atom. The maximum atomic E-state index is 13.3. The molecule has 1 aromatic heterocycles. The van der Waals surface area contributed by atoms with E-state index in [9.17, 15) is 14.7 Å². The highest BCUT2D eigenvalue weighted by Gasteiger charge is 2.21. The van der Waals surface area contributed by atoms with Gasteiger partial charge in [-0.25, -0.2) is 0 Å². The van der Waals surface area contributed by atoms with Gasteiger partial charge in [0, 0.05) is 16.6 Å². The van der Waals surface area contributed by atoms with Crippen LogP contribution < -0.4 is 14.2 Å². The summed E-state index contributed by atoms with van der Waals surface area (Å²) in [6.07, 6.45) is -0.391. The van der Waals surface area contributed by atoms with E-state index in [4.69, 9.17) is 14.2 Å². The number of para-hydroxylation sites is 2. The molecule has 3 aromatic carbocycles. The van der Waals surface area contributed by atoms with E-state index >= 15 is 0 Å². The highest BCUT2D eigenvalue weighted by Crippen LogP contribution is 2.29. The molecule has 0 unspecified atom stereocenters. The molecule has 172 valence electrons. The Bertz CT molecular complexity index is 1340. The molecule has 7 nitrogen and oxygen atoms in total. The number of carbonyl (C=O) groups is 2. The zero-order valence-corrected chi connectivity index (χ0v) is 18.6. The molecule has 1 N–H and O–H groups in total. The molecular weight excluding hydrogens is 434 g/mol. The number of aryl methyl sites for hydroxylation is 1. The average molecular weight is 457 g/mol. The lowest BCUT2D eigenvalue weighted by molar-refractivity contribution is -0.136. The summed E-state index contributed by atoms with van der Waals surface area (Å²) in [5, 5.41) is 9.96. The van der Waals surface area contributed by atoms with Gasteiger partial charge in [-0.15, -0.1) is 0 Å². The average Bonchev–Trinajstić information content (AvgIpc) is 3.04. The van der Waals surface area contributed by atoms with Gasteiger partial charge in [-0.2, -0.15) is 0 Å². The van der Waals surface area contributed by atoms with E-state index in [1.807, 2.05) is 43.3 Å². The van der Waals surface area contributed by atoms with E-state index in [0.29, 0.717) is 47.1 Å². The molecule has 0 saturated heterocycles. The zero-order valence-electron chi connectivity index (χ0n) is 18.6. The number of hydrogen-bond donors (Lipinski definition) is 1. The van der Waals surface area contributed by atoms with E-state index in [0.717, 1.165) is 11.1 Å². The minimum absolute atomic E-state index is 0.0965. The summed E-state index contributed by atoms with van der Waals surface area (Å²) < 4.78 is 19.2. The number of nitrogens with zero attached hydrogens (tertiary/aromatic N) is 1. The molecular formula is C27H23NO6. The van der Waals surface area contributed by atoms with Crippen LogP contribution in [0.2, 0.25) is 0 Å². The van der Waals surface area contributed by atoms with Crippen molar-refractivity contribution in [2.45, 2.75) is 19.4 Å². The smallest absolute Gasteiger partial charge is 0.307 e. The Morgan fingerprint density at radius 1 is 0.971 bits per heavy atom. The number of benzene rings is 3. The van der Waals surface area contributed by atoms with E-state index in [1.165, 1.54) is 0 Å². The number of ether oxygens (including phenoxy) is 3. The predicted molar refractivity (Wildman–Crippen MR) is 126 cm³/mol. The lowest BCUT2D eigenvalue weighted by Crippen LogP contribution is -2.29. The standard InChI is InChI=1S/C27H23NO6/c1-17-13-22-19(14-26(29)30)5-4-6-23(22)28(17)27(31)18-9-11-20(12-10-18)34-21-15-32-24-7-2-3-8-25(24)33-16-21/h2-13,21H,14-16H2,1H3,(H,29,30). The van der Waals surface area contributed by atoms with Crippen LogP contribution in [0.15, 0.2) is 72.8 Å². The molecule has 4 aromatic rings. The third-order valence-corrected chi connectivity index (χ3v) is 5.77. The van der Waals surface area contributed by atoms with E-state index in [1.54, 1.807) is 41.0 Å². The van der Waals surface area contributed by atoms with E-state index < -0.39 is 5.97 Å². The second kappa shape index (κ2) is 8.94. The third-order valence-electron chi connectivity index (χ3n) is 5.77. The van der Waals surface area contributed by atoms with Crippen molar-refractivity contribution in [1.82, 2.24) is 4.57 Å². The van der Waals surface area contributed by atoms with Crippen molar-refractivity contribution in [3.63, 3.8) is 0 Å². The quantitative estimate of drug-likeness (QED) is 0.475. The number of carbonyl (C=O) groups excluding carboxylic acids is 1. The third kappa shape index (κ3) is 4.20. The second-order valence-electron chi connectivity index (χ2n) is 8.18. The molecule has 0 bridgehead atoms. The van der Waals surface area contributed by atoms with Crippen LogP contribution in [0.1, 0.15) is 21.6 Å². The van der Waals surface area contributed by atoms with Crippen molar-refractivity contribution in [2.24, 2.45) is 0 Å². The van der Waals surface area contributed by atoms with Crippen LogP contribution in [0.3, 0.4) is 0 Å². The molecule has 0 fully saturated rings. The van der Waals surface area contributed by atoms with Gasteiger partial charge in [-0.05, 0) is 61.0 Å². The summed E-state index contributed by atoms with van der Waals surface area (Å²) >= 11 is 0. The predicted octanol–water partition coefficient (Wildman–Crippen LogP) is 4.48. The fraction of sp³-hybridized carbons (Fsp3) is 0.185. The first-order valence-electron chi connectivity index (χ1n) is 11.0. The van der Waals surface area contributed by atoms with Gasteiger partial charge in [0.05, 0.1) is 11.9 Å². The van der Waals surface area contributed by atoms with Gasteiger partial charge in [0.25, 0.3) is 5.91 Å². The highest BCUT2D eigenvalue weighted by molar-refractivity contribution is 6.04. The van der Waals surface area contributed by atoms with Crippen molar-refractivity contribution in [2.75, 3.05) is 13.2 Å². The molecule has 0 atom stereocenters. The molecule has 34 heavy (non-hydrogen) atoms.